The second kappa shape index (κ2) is 11.4. The Bertz CT molecular complexity index is 829. The molecule has 3 aromatic rings. The first-order valence-corrected chi connectivity index (χ1v) is 10.7. The lowest BCUT2D eigenvalue weighted by Gasteiger charge is -2.09. The van der Waals surface area contributed by atoms with Gasteiger partial charge >= 0.3 is 0 Å². The zero-order chi connectivity index (χ0) is 20.4. The second-order valence-electron chi connectivity index (χ2n) is 6.90. The summed E-state index contributed by atoms with van der Waals surface area (Å²) in [6, 6.07) is 22.2. The van der Waals surface area contributed by atoms with Gasteiger partial charge in [0.2, 0.25) is 0 Å². The van der Waals surface area contributed by atoms with E-state index in [1.54, 1.807) is 6.07 Å². The van der Waals surface area contributed by atoms with E-state index in [1.807, 2.05) is 38.1 Å². The number of rotatable bonds is 7. The summed E-state index contributed by atoms with van der Waals surface area (Å²) < 4.78 is 14.7. The van der Waals surface area contributed by atoms with Gasteiger partial charge in [0.15, 0.2) is 0 Å². The highest BCUT2D eigenvalue weighted by molar-refractivity contribution is 5.71. The third-order valence-corrected chi connectivity index (χ3v) is 5.00. The minimum Gasteiger partial charge on any atom is -0.206 e. The molecule has 0 heterocycles. The van der Waals surface area contributed by atoms with Gasteiger partial charge in [-0.25, -0.2) is 4.39 Å². The Labute approximate surface area is 170 Å². The van der Waals surface area contributed by atoms with Gasteiger partial charge in [-0.05, 0) is 53.1 Å². The predicted molar refractivity (Wildman–Crippen MR) is 121 cm³/mol. The Kier molecular flexibility index (Phi) is 8.94. The average molecular weight is 377 g/mol. The fourth-order valence-corrected chi connectivity index (χ4v) is 3.29. The minimum atomic E-state index is -0.168. The summed E-state index contributed by atoms with van der Waals surface area (Å²) in [6.07, 6.45) is 5.86. The van der Waals surface area contributed by atoms with Gasteiger partial charge in [0, 0.05) is 5.56 Å². The van der Waals surface area contributed by atoms with Crippen LogP contribution in [0.5, 0.6) is 0 Å². The SMILES string of the molecule is CC.CCCCCc1ccc(-c2ccc(-c3ccc(CC)cc3)c(F)c2)cc1. The van der Waals surface area contributed by atoms with Gasteiger partial charge in [0.05, 0.1) is 0 Å². The topological polar surface area (TPSA) is 0 Å². The number of aryl methyl sites for hydroxylation is 2. The van der Waals surface area contributed by atoms with Gasteiger partial charge in [-0.1, -0.05) is 101 Å². The molecule has 0 atom stereocenters. The zero-order valence-corrected chi connectivity index (χ0v) is 17.8. The van der Waals surface area contributed by atoms with E-state index in [0.717, 1.165) is 29.5 Å². The van der Waals surface area contributed by atoms with Crippen molar-refractivity contribution in [3.05, 3.63) is 83.7 Å². The first-order chi connectivity index (χ1) is 13.7. The molecule has 0 unspecified atom stereocenters. The smallest absolute Gasteiger partial charge is 0.131 e. The molecule has 0 nitrogen and oxygen atoms in total. The van der Waals surface area contributed by atoms with Crippen LogP contribution in [0.1, 0.15) is 58.1 Å². The maximum absolute atomic E-state index is 14.7. The van der Waals surface area contributed by atoms with Crippen LogP contribution in [-0.4, -0.2) is 0 Å². The van der Waals surface area contributed by atoms with Gasteiger partial charge in [-0.2, -0.15) is 0 Å². The summed E-state index contributed by atoms with van der Waals surface area (Å²) in [7, 11) is 0. The Morgan fingerprint density at radius 1 is 0.643 bits per heavy atom. The normalized spacial score (nSPS) is 10.3. The Morgan fingerprint density at radius 3 is 1.79 bits per heavy atom. The molecule has 0 aliphatic carbocycles. The van der Waals surface area contributed by atoms with Gasteiger partial charge in [-0.15, -0.1) is 0 Å². The fraction of sp³-hybridized carbons (Fsp3) is 0.333. The Hall–Kier alpha value is -2.41. The van der Waals surface area contributed by atoms with Gasteiger partial charge < -0.3 is 0 Å². The molecule has 3 rings (SSSR count). The fourth-order valence-electron chi connectivity index (χ4n) is 3.29. The van der Waals surface area contributed by atoms with E-state index in [9.17, 15) is 4.39 Å². The molecular weight excluding hydrogens is 343 g/mol. The lowest BCUT2D eigenvalue weighted by molar-refractivity contribution is 0.632. The first-order valence-electron chi connectivity index (χ1n) is 10.7. The van der Waals surface area contributed by atoms with Crippen LogP contribution in [0, 0.1) is 5.82 Å². The molecule has 0 aliphatic rings. The van der Waals surface area contributed by atoms with E-state index < -0.39 is 0 Å². The second-order valence-corrected chi connectivity index (χ2v) is 6.90. The number of hydrogen-bond donors (Lipinski definition) is 0. The predicted octanol–water partition coefficient (Wildman–Crippen LogP) is 8.48. The monoisotopic (exact) mass is 376 g/mol. The molecule has 0 aromatic heterocycles. The van der Waals surface area contributed by atoms with Crippen molar-refractivity contribution >= 4 is 0 Å². The maximum atomic E-state index is 14.7. The number of benzene rings is 3. The van der Waals surface area contributed by atoms with Crippen molar-refractivity contribution < 1.29 is 4.39 Å². The molecule has 0 spiro atoms. The molecule has 0 bridgehead atoms. The summed E-state index contributed by atoms with van der Waals surface area (Å²) in [5, 5.41) is 0. The van der Waals surface area contributed by atoms with Crippen molar-refractivity contribution in [2.75, 3.05) is 0 Å². The summed E-state index contributed by atoms with van der Waals surface area (Å²) >= 11 is 0. The lowest BCUT2D eigenvalue weighted by atomic mass is 9.97. The van der Waals surface area contributed by atoms with E-state index in [-0.39, 0.29) is 5.82 Å². The highest BCUT2D eigenvalue weighted by Crippen LogP contribution is 2.28. The standard InChI is InChI=1S/C25H27F.C2H6/c1-3-5-6-7-20-10-12-21(13-11-20)23-16-17-24(25(26)18-23)22-14-8-19(4-2)9-15-22;1-2/h8-18H,3-7H2,1-2H3;1-2H3. The van der Waals surface area contributed by atoms with Gasteiger partial charge in [0.25, 0.3) is 0 Å². The number of unbranched alkanes of at least 4 members (excludes halogenated alkanes) is 2. The highest BCUT2D eigenvalue weighted by atomic mass is 19.1. The number of hydrogen-bond acceptors (Lipinski definition) is 0. The molecule has 0 aliphatic heterocycles. The van der Waals surface area contributed by atoms with Crippen LogP contribution >= 0.6 is 0 Å². The van der Waals surface area contributed by atoms with Crippen molar-refractivity contribution in [1.29, 1.82) is 0 Å². The average Bonchev–Trinajstić information content (AvgIpc) is 2.76. The van der Waals surface area contributed by atoms with Crippen LogP contribution < -0.4 is 0 Å². The molecule has 0 saturated carbocycles. The maximum Gasteiger partial charge on any atom is 0.131 e. The zero-order valence-electron chi connectivity index (χ0n) is 17.8. The molecule has 0 fully saturated rings. The van der Waals surface area contributed by atoms with Crippen molar-refractivity contribution in [2.24, 2.45) is 0 Å². The van der Waals surface area contributed by atoms with Gasteiger partial charge in [0.1, 0.15) is 5.82 Å². The molecule has 0 radical (unpaired) electrons. The van der Waals surface area contributed by atoms with E-state index in [2.05, 4.69) is 50.2 Å². The van der Waals surface area contributed by atoms with E-state index in [4.69, 9.17) is 0 Å². The molecule has 0 saturated heterocycles. The van der Waals surface area contributed by atoms with Gasteiger partial charge in [-0.3, -0.25) is 0 Å². The summed E-state index contributed by atoms with van der Waals surface area (Å²) in [4.78, 5) is 0. The molecule has 0 amide bonds. The van der Waals surface area contributed by atoms with Crippen molar-refractivity contribution in [1.82, 2.24) is 0 Å². The molecular formula is C27H33F. The van der Waals surface area contributed by atoms with Crippen molar-refractivity contribution in [3.8, 4) is 22.3 Å². The van der Waals surface area contributed by atoms with Crippen LogP contribution in [0.15, 0.2) is 66.7 Å². The van der Waals surface area contributed by atoms with Crippen LogP contribution in [0.4, 0.5) is 4.39 Å². The minimum absolute atomic E-state index is 0.168. The van der Waals surface area contributed by atoms with E-state index in [1.165, 1.54) is 30.4 Å². The lowest BCUT2D eigenvalue weighted by Crippen LogP contribution is -1.89. The van der Waals surface area contributed by atoms with Crippen molar-refractivity contribution in [2.45, 2.75) is 59.8 Å². The van der Waals surface area contributed by atoms with Crippen LogP contribution in [0.25, 0.3) is 22.3 Å². The third kappa shape index (κ3) is 5.79. The Balaban J connectivity index is 0.00000136. The molecule has 1 heteroatoms. The number of halogens is 1. The van der Waals surface area contributed by atoms with Crippen molar-refractivity contribution in [3.63, 3.8) is 0 Å². The molecule has 0 N–H and O–H groups in total. The molecule has 3 aromatic carbocycles. The Morgan fingerprint density at radius 2 is 1.21 bits per heavy atom. The highest BCUT2D eigenvalue weighted by Gasteiger charge is 2.08. The summed E-state index contributed by atoms with van der Waals surface area (Å²) in [6.45, 7) is 8.35. The van der Waals surface area contributed by atoms with Crippen LogP contribution in [0.3, 0.4) is 0 Å². The summed E-state index contributed by atoms with van der Waals surface area (Å²) in [5.41, 5.74) is 6.21. The van der Waals surface area contributed by atoms with E-state index >= 15 is 0 Å². The quantitative estimate of drug-likeness (QED) is 0.363. The summed E-state index contributed by atoms with van der Waals surface area (Å²) in [5.74, 6) is -0.168. The first kappa shape index (κ1) is 21.9. The molecule has 148 valence electrons. The third-order valence-electron chi connectivity index (χ3n) is 5.00. The largest absolute Gasteiger partial charge is 0.206 e. The van der Waals surface area contributed by atoms with Crippen LogP contribution in [-0.2, 0) is 12.8 Å². The molecule has 28 heavy (non-hydrogen) atoms. The van der Waals surface area contributed by atoms with Crippen LogP contribution in [0.2, 0.25) is 0 Å². The van der Waals surface area contributed by atoms with E-state index in [0.29, 0.717) is 5.56 Å².